The van der Waals surface area contributed by atoms with E-state index in [-0.39, 0.29) is 5.56 Å². The van der Waals surface area contributed by atoms with Crippen molar-refractivity contribution in [2.75, 3.05) is 0 Å². The predicted molar refractivity (Wildman–Crippen MR) is 30.6 cm³/mol. The normalized spacial score (nSPS) is 9.40. The summed E-state index contributed by atoms with van der Waals surface area (Å²) < 4.78 is 24.3. The van der Waals surface area contributed by atoms with Crippen molar-refractivity contribution in [3.63, 3.8) is 0 Å². The molecule has 1 aromatic carbocycles. The summed E-state index contributed by atoms with van der Waals surface area (Å²) in [6, 6.07) is 3.83. The van der Waals surface area contributed by atoms with Gasteiger partial charge in [-0.05, 0) is 18.2 Å². The van der Waals surface area contributed by atoms with Gasteiger partial charge in [0.2, 0.25) is 0 Å². The van der Waals surface area contributed by atoms with Gasteiger partial charge in [-0.2, -0.15) is 0 Å². The van der Waals surface area contributed by atoms with Crippen LogP contribution in [0.4, 0.5) is 8.78 Å². The fourth-order valence-corrected chi connectivity index (χ4v) is 0.531. The molecule has 1 nitrogen and oxygen atoms in total. The van der Waals surface area contributed by atoms with Crippen molar-refractivity contribution in [1.29, 1.82) is 0 Å². The second kappa shape index (κ2) is 2.56. The fraction of sp³-hybridized carbons (Fsp3) is 0. The van der Waals surface area contributed by atoms with Gasteiger partial charge >= 0.3 is 0 Å². The Hall–Kier alpha value is -1.25. The standard InChI is InChI=1S/C7H3F2O/c8-6-2-1-5(4-10)3-7(6)9/h2-4H. The van der Waals surface area contributed by atoms with E-state index in [1.807, 2.05) is 0 Å². The van der Waals surface area contributed by atoms with Gasteiger partial charge in [-0.1, -0.05) is 0 Å². The lowest BCUT2D eigenvalue weighted by molar-refractivity contribution is 0.112. The number of hydrogen-bond donors (Lipinski definition) is 0. The minimum atomic E-state index is -1.03. The van der Waals surface area contributed by atoms with Crippen LogP contribution in [0.25, 0.3) is 0 Å². The van der Waals surface area contributed by atoms with Crippen molar-refractivity contribution in [2.45, 2.75) is 0 Å². The summed E-state index contributed by atoms with van der Waals surface area (Å²) in [4.78, 5) is 9.95. The summed E-state index contributed by atoms with van der Waals surface area (Å²) in [6.45, 7) is 0. The van der Waals surface area contributed by atoms with Crippen LogP contribution in [0.2, 0.25) is 0 Å². The second-order valence-electron chi connectivity index (χ2n) is 1.70. The summed E-state index contributed by atoms with van der Waals surface area (Å²) in [6.07, 6.45) is 0.405. The quantitative estimate of drug-likeness (QED) is 0.542. The lowest BCUT2D eigenvalue weighted by atomic mass is 10.2. The van der Waals surface area contributed by atoms with Crippen LogP contribution in [-0.4, -0.2) is 6.29 Å². The van der Waals surface area contributed by atoms with E-state index in [0.717, 1.165) is 12.1 Å². The maximum Gasteiger partial charge on any atom is 0.159 e. The summed E-state index contributed by atoms with van der Waals surface area (Å²) in [5.41, 5.74) is 0.0129. The van der Waals surface area contributed by atoms with Crippen LogP contribution >= 0.6 is 0 Å². The first-order valence-corrected chi connectivity index (χ1v) is 2.56. The number of carbonyl (C=O) groups is 1. The molecule has 0 amide bonds. The molecule has 3 heteroatoms. The minimum absolute atomic E-state index is 0.0129. The molecule has 0 N–H and O–H groups in total. The topological polar surface area (TPSA) is 17.1 Å². The van der Waals surface area contributed by atoms with E-state index in [2.05, 4.69) is 6.07 Å². The number of benzene rings is 1. The number of carbonyl (C=O) groups excluding carboxylic acids is 1. The van der Waals surface area contributed by atoms with Crippen molar-refractivity contribution in [3.8, 4) is 0 Å². The molecule has 1 rings (SSSR count). The van der Waals surface area contributed by atoms with Crippen LogP contribution in [-0.2, 0) is 0 Å². The molecule has 0 aliphatic heterocycles. The Morgan fingerprint density at radius 2 is 2.10 bits per heavy atom. The molecule has 0 heterocycles. The van der Waals surface area contributed by atoms with E-state index in [1.165, 1.54) is 0 Å². The van der Waals surface area contributed by atoms with Gasteiger partial charge in [0, 0.05) is 5.56 Å². The Kier molecular flexibility index (Phi) is 1.76. The van der Waals surface area contributed by atoms with Crippen molar-refractivity contribution in [3.05, 3.63) is 35.4 Å². The molecule has 1 radical (unpaired) electrons. The third kappa shape index (κ3) is 1.18. The van der Waals surface area contributed by atoms with E-state index < -0.39 is 11.6 Å². The van der Waals surface area contributed by atoms with E-state index in [1.54, 1.807) is 0 Å². The van der Waals surface area contributed by atoms with E-state index in [4.69, 9.17) is 0 Å². The third-order valence-electron chi connectivity index (χ3n) is 1.00. The largest absolute Gasteiger partial charge is 0.298 e. The monoisotopic (exact) mass is 141 g/mol. The fourth-order valence-electron chi connectivity index (χ4n) is 0.531. The first kappa shape index (κ1) is 6.86. The zero-order valence-electron chi connectivity index (χ0n) is 4.90. The molecular weight excluding hydrogens is 138 g/mol. The van der Waals surface area contributed by atoms with E-state index >= 15 is 0 Å². The van der Waals surface area contributed by atoms with Crippen molar-refractivity contribution in [2.24, 2.45) is 0 Å². The van der Waals surface area contributed by atoms with Gasteiger partial charge in [-0.15, -0.1) is 0 Å². The molecule has 51 valence electrons. The molecule has 10 heavy (non-hydrogen) atoms. The van der Waals surface area contributed by atoms with E-state index in [9.17, 15) is 13.6 Å². The highest BCUT2D eigenvalue weighted by Crippen LogP contribution is 2.05. The minimum Gasteiger partial charge on any atom is -0.298 e. The Bertz CT molecular complexity index is 258. The van der Waals surface area contributed by atoms with Gasteiger partial charge in [0.15, 0.2) is 17.9 Å². The summed E-state index contributed by atoms with van der Waals surface area (Å²) >= 11 is 0. The van der Waals surface area contributed by atoms with Crippen LogP contribution in [0, 0.1) is 17.7 Å². The Labute approximate surface area is 56.3 Å². The third-order valence-corrected chi connectivity index (χ3v) is 1.00. The maximum absolute atomic E-state index is 12.2. The molecule has 0 saturated heterocycles. The molecular formula is C7H3F2O. The van der Waals surface area contributed by atoms with Crippen LogP contribution in [0.1, 0.15) is 10.4 Å². The molecule has 1 aromatic rings. The van der Waals surface area contributed by atoms with Gasteiger partial charge in [0.05, 0.1) is 0 Å². The Balaban J connectivity index is 3.16. The summed E-state index contributed by atoms with van der Waals surface area (Å²) in [7, 11) is 0. The maximum atomic E-state index is 12.2. The summed E-state index contributed by atoms with van der Waals surface area (Å²) in [5.74, 6) is -2.02. The lowest BCUT2D eigenvalue weighted by Crippen LogP contribution is -1.86. The van der Waals surface area contributed by atoms with Gasteiger partial charge in [0.25, 0.3) is 0 Å². The lowest BCUT2D eigenvalue weighted by Gasteiger charge is -1.90. The summed E-state index contributed by atoms with van der Waals surface area (Å²) in [5, 5.41) is 0. The number of halogens is 2. The van der Waals surface area contributed by atoms with Crippen molar-refractivity contribution >= 4 is 6.29 Å². The van der Waals surface area contributed by atoms with E-state index in [0.29, 0.717) is 6.29 Å². The molecule has 0 aromatic heterocycles. The molecule has 0 atom stereocenters. The highest BCUT2D eigenvalue weighted by Gasteiger charge is 2.00. The zero-order chi connectivity index (χ0) is 7.56. The van der Waals surface area contributed by atoms with Crippen LogP contribution < -0.4 is 0 Å². The Morgan fingerprint density at radius 1 is 1.40 bits per heavy atom. The van der Waals surface area contributed by atoms with Gasteiger partial charge in [-0.3, -0.25) is 4.79 Å². The SMILES string of the molecule is O=Cc1[c]cc(F)c(F)c1. The molecule has 0 saturated carbocycles. The van der Waals surface area contributed by atoms with Crippen molar-refractivity contribution in [1.82, 2.24) is 0 Å². The van der Waals surface area contributed by atoms with Crippen LogP contribution in [0.15, 0.2) is 12.1 Å². The second-order valence-corrected chi connectivity index (χ2v) is 1.70. The average Bonchev–Trinajstić information content (AvgIpc) is 1.95. The number of hydrogen-bond acceptors (Lipinski definition) is 1. The van der Waals surface area contributed by atoms with Gasteiger partial charge in [0.1, 0.15) is 0 Å². The molecule has 0 unspecified atom stereocenters. The zero-order valence-corrected chi connectivity index (χ0v) is 4.90. The van der Waals surface area contributed by atoms with Crippen LogP contribution in [0.5, 0.6) is 0 Å². The first-order chi connectivity index (χ1) is 4.74. The average molecular weight is 141 g/mol. The number of aldehydes is 1. The van der Waals surface area contributed by atoms with Gasteiger partial charge in [-0.25, -0.2) is 8.78 Å². The van der Waals surface area contributed by atoms with Crippen molar-refractivity contribution < 1.29 is 13.6 Å². The Morgan fingerprint density at radius 3 is 2.60 bits per heavy atom. The van der Waals surface area contributed by atoms with Crippen LogP contribution in [0.3, 0.4) is 0 Å². The highest BCUT2D eigenvalue weighted by molar-refractivity contribution is 5.74. The predicted octanol–water partition coefficient (Wildman–Crippen LogP) is 1.58. The molecule has 0 bridgehead atoms. The number of rotatable bonds is 1. The highest BCUT2D eigenvalue weighted by atomic mass is 19.2. The molecule has 0 fully saturated rings. The molecule has 0 aliphatic carbocycles. The first-order valence-electron chi connectivity index (χ1n) is 2.56. The molecule has 0 spiro atoms. The molecule has 0 aliphatic rings. The van der Waals surface area contributed by atoms with Gasteiger partial charge < -0.3 is 0 Å². The smallest absolute Gasteiger partial charge is 0.159 e.